The van der Waals surface area contributed by atoms with Crippen molar-refractivity contribution in [2.75, 3.05) is 6.26 Å². The molecule has 0 amide bonds. The number of hydrogen-bond donors (Lipinski definition) is 0. The van der Waals surface area contributed by atoms with Crippen molar-refractivity contribution in [1.82, 2.24) is 0 Å². The summed E-state index contributed by atoms with van der Waals surface area (Å²) in [6.07, 6.45) is 8.14. The van der Waals surface area contributed by atoms with Gasteiger partial charge in [-0.15, -0.1) is 0 Å². The second-order valence-corrected chi connectivity index (χ2v) is 7.56. The molecule has 2 atom stereocenters. The maximum atomic E-state index is 12.0. The molecule has 0 aromatic carbocycles. The van der Waals surface area contributed by atoms with E-state index in [1.807, 2.05) is 0 Å². The summed E-state index contributed by atoms with van der Waals surface area (Å²) in [5.74, 6) is 0.284. The molecule has 0 aliphatic heterocycles. The first-order valence-electron chi connectivity index (χ1n) is 6.66. The average molecular weight is 260 g/mol. The Labute approximate surface area is 105 Å². The van der Waals surface area contributed by atoms with E-state index in [-0.39, 0.29) is 17.0 Å². The van der Waals surface area contributed by atoms with Crippen molar-refractivity contribution in [2.45, 2.75) is 63.5 Å². The number of sulfone groups is 1. The van der Waals surface area contributed by atoms with Crippen molar-refractivity contribution in [3.63, 3.8) is 0 Å². The fourth-order valence-corrected chi connectivity index (χ4v) is 3.76. The summed E-state index contributed by atoms with van der Waals surface area (Å²) in [5.41, 5.74) is 0. The number of ketones is 1. The SMILES string of the molecule is CCCCCC(=O)C1CCCC(S(C)(=O)=O)C1. The Bertz CT molecular complexity index is 346. The van der Waals surface area contributed by atoms with Gasteiger partial charge >= 0.3 is 0 Å². The standard InChI is InChI=1S/C13H24O3S/c1-3-4-5-9-13(14)11-7-6-8-12(10-11)17(2,15)16/h11-12H,3-10H2,1-2H3. The first-order chi connectivity index (χ1) is 7.95. The summed E-state index contributed by atoms with van der Waals surface area (Å²) in [7, 11) is -2.97. The number of carbonyl (C=O) groups excluding carboxylic acids is 1. The predicted molar refractivity (Wildman–Crippen MR) is 69.7 cm³/mol. The average Bonchev–Trinajstić information content (AvgIpc) is 2.28. The zero-order valence-electron chi connectivity index (χ0n) is 10.9. The topological polar surface area (TPSA) is 51.2 Å². The molecule has 1 aliphatic rings. The van der Waals surface area contributed by atoms with Gasteiger partial charge in [-0.05, 0) is 25.7 Å². The minimum atomic E-state index is -2.97. The van der Waals surface area contributed by atoms with Gasteiger partial charge in [-0.25, -0.2) is 8.42 Å². The van der Waals surface area contributed by atoms with Gasteiger partial charge in [0.2, 0.25) is 0 Å². The normalized spacial score (nSPS) is 25.8. The highest BCUT2D eigenvalue weighted by molar-refractivity contribution is 7.91. The number of unbranched alkanes of at least 4 members (excludes halogenated alkanes) is 2. The largest absolute Gasteiger partial charge is 0.299 e. The highest BCUT2D eigenvalue weighted by Crippen LogP contribution is 2.30. The molecule has 0 spiro atoms. The van der Waals surface area contributed by atoms with Crippen LogP contribution < -0.4 is 0 Å². The zero-order valence-corrected chi connectivity index (χ0v) is 11.8. The number of hydrogen-bond acceptors (Lipinski definition) is 3. The van der Waals surface area contributed by atoms with Crippen LogP contribution in [0, 0.1) is 5.92 Å². The van der Waals surface area contributed by atoms with Gasteiger partial charge in [-0.3, -0.25) is 4.79 Å². The van der Waals surface area contributed by atoms with Crippen molar-refractivity contribution >= 4 is 15.6 Å². The number of carbonyl (C=O) groups is 1. The third-order valence-corrected chi connectivity index (χ3v) is 5.35. The second-order valence-electron chi connectivity index (χ2n) is 5.24. The third kappa shape index (κ3) is 4.78. The Morgan fingerprint density at radius 3 is 2.53 bits per heavy atom. The molecule has 4 heteroatoms. The molecule has 0 aromatic heterocycles. The molecule has 0 bridgehead atoms. The van der Waals surface area contributed by atoms with E-state index < -0.39 is 9.84 Å². The van der Waals surface area contributed by atoms with Crippen LogP contribution in [0.15, 0.2) is 0 Å². The summed E-state index contributed by atoms with van der Waals surface area (Å²) in [6.45, 7) is 2.12. The minimum Gasteiger partial charge on any atom is -0.299 e. The van der Waals surface area contributed by atoms with E-state index in [2.05, 4.69) is 6.92 Å². The Balaban J connectivity index is 2.46. The van der Waals surface area contributed by atoms with E-state index in [0.29, 0.717) is 12.8 Å². The van der Waals surface area contributed by atoms with Crippen LogP contribution in [0.5, 0.6) is 0 Å². The lowest BCUT2D eigenvalue weighted by atomic mass is 9.84. The van der Waals surface area contributed by atoms with Crippen molar-refractivity contribution in [3.8, 4) is 0 Å². The van der Waals surface area contributed by atoms with Crippen molar-refractivity contribution in [1.29, 1.82) is 0 Å². The van der Waals surface area contributed by atoms with Crippen molar-refractivity contribution in [2.24, 2.45) is 5.92 Å². The molecular formula is C13H24O3S. The first kappa shape index (κ1) is 14.7. The van der Waals surface area contributed by atoms with Crippen LogP contribution in [0.4, 0.5) is 0 Å². The fourth-order valence-electron chi connectivity index (χ4n) is 2.58. The van der Waals surface area contributed by atoms with Gasteiger partial charge in [0.15, 0.2) is 0 Å². The summed E-state index contributed by atoms with van der Waals surface area (Å²) >= 11 is 0. The number of rotatable bonds is 6. The fraction of sp³-hybridized carbons (Fsp3) is 0.923. The van der Waals surface area contributed by atoms with Gasteiger partial charge in [0, 0.05) is 18.6 Å². The molecule has 0 heterocycles. The maximum Gasteiger partial charge on any atom is 0.150 e. The molecule has 3 nitrogen and oxygen atoms in total. The molecule has 1 saturated carbocycles. The molecule has 1 rings (SSSR count). The summed E-state index contributed by atoms with van der Waals surface area (Å²) < 4.78 is 23.0. The monoisotopic (exact) mass is 260 g/mol. The Morgan fingerprint density at radius 2 is 1.94 bits per heavy atom. The van der Waals surface area contributed by atoms with Crippen molar-refractivity contribution < 1.29 is 13.2 Å². The Kier molecular flexibility index (Phi) is 5.63. The van der Waals surface area contributed by atoms with Gasteiger partial charge in [-0.1, -0.05) is 26.2 Å². The van der Waals surface area contributed by atoms with E-state index in [9.17, 15) is 13.2 Å². The van der Waals surface area contributed by atoms with Crippen LogP contribution >= 0.6 is 0 Å². The Hall–Kier alpha value is -0.380. The smallest absolute Gasteiger partial charge is 0.150 e. The van der Waals surface area contributed by atoms with Gasteiger partial charge in [0.1, 0.15) is 15.6 Å². The predicted octanol–water partition coefficient (Wildman–Crippen LogP) is 2.74. The Morgan fingerprint density at radius 1 is 1.24 bits per heavy atom. The molecule has 0 N–H and O–H groups in total. The highest BCUT2D eigenvalue weighted by Gasteiger charge is 2.31. The van der Waals surface area contributed by atoms with Crippen LogP contribution in [0.1, 0.15) is 58.3 Å². The molecule has 2 unspecified atom stereocenters. The van der Waals surface area contributed by atoms with E-state index >= 15 is 0 Å². The van der Waals surface area contributed by atoms with Crippen LogP contribution in [0.3, 0.4) is 0 Å². The summed E-state index contributed by atoms with van der Waals surface area (Å²) in [6, 6.07) is 0. The van der Waals surface area contributed by atoms with Gasteiger partial charge in [0.25, 0.3) is 0 Å². The van der Waals surface area contributed by atoms with E-state index in [0.717, 1.165) is 38.5 Å². The van der Waals surface area contributed by atoms with E-state index in [4.69, 9.17) is 0 Å². The quantitative estimate of drug-likeness (QED) is 0.690. The van der Waals surface area contributed by atoms with Crippen LogP contribution in [0.2, 0.25) is 0 Å². The lowest BCUT2D eigenvalue weighted by molar-refractivity contribution is -0.123. The zero-order chi connectivity index (χ0) is 12.9. The third-order valence-electron chi connectivity index (χ3n) is 3.71. The molecular weight excluding hydrogens is 236 g/mol. The molecule has 1 aliphatic carbocycles. The van der Waals surface area contributed by atoms with Crippen LogP contribution in [-0.2, 0) is 14.6 Å². The second kappa shape index (κ2) is 6.53. The van der Waals surface area contributed by atoms with E-state index in [1.165, 1.54) is 6.26 Å². The highest BCUT2D eigenvalue weighted by atomic mass is 32.2. The van der Waals surface area contributed by atoms with E-state index in [1.54, 1.807) is 0 Å². The molecule has 0 aromatic rings. The molecule has 100 valence electrons. The molecule has 17 heavy (non-hydrogen) atoms. The van der Waals surface area contributed by atoms with Crippen molar-refractivity contribution in [3.05, 3.63) is 0 Å². The number of Topliss-reactive ketones (excluding diaryl/α,β-unsaturated/α-hetero) is 1. The van der Waals surface area contributed by atoms with Crippen LogP contribution in [0.25, 0.3) is 0 Å². The van der Waals surface area contributed by atoms with Gasteiger partial charge in [-0.2, -0.15) is 0 Å². The molecule has 0 saturated heterocycles. The lowest BCUT2D eigenvalue weighted by Crippen LogP contribution is -2.31. The van der Waals surface area contributed by atoms with Gasteiger partial charge < -0.3 is 0 Å². The minimum absolute atomic E-state index is 0.000307. The maximum absolute atomic E-state index is 12.0. The lowest BCUT2D eigenvalue weighted by Gasteiger charge is -2.27. The summed E-state index contributed by atoms with van der Waals surface area (Å²) in [4.78, 5) is 12.0. The van der Waals surface area contributed by atoms with Gasteiger partial charge in [0.05, 0.1) is 5.25 Å². The molecule has 0 radical (unpaired) electrons. The van der Waals surface area contributed by atoms with Crippen LogP contribution in [-0.4, -0.2) is 25.7 Å². The first-order valence-corrected chi connectivity index (χ1v) is 8.62. The molecule has 1 fully saturated rings. The summed E-state index contributed by atoms with van der Waals surface area (Å²) in [5, 5.41) is -0.281.